The Labute approximate surface area is 141 Å². The zero-order valence-corrected chi connectivity index (χ0v) is 14.6. The van der Waals surface area contributed by atoms with Crippen molar-refractivity contribution < 1.29 is 19.4 Å². The van der Waals surface area contributed by atoms with Gasteiger partial charge in [0.15, 0.2) is 0 Å². The maximum Gasteiger partial charge on any atom is 0.313 e. The summed E-state index contributed by atoms with van der Waals surface area (Å²) < 4.78 is 5.05. The summed E-state index contributed by atoms with van der Waals surface area (Å²) in [6, 6.07) is 6.17. The molecule has 1 fully saturated rings. The summed E-state index contributed by atoms with van der Waals surface area (Å²) in [4.78, 5) is 26.7. The highest BCUT2D eigenvalue weighted by molar-refractivity contribution is 8.00. The van der Waals surface area contributed by atoms with Gasteiger partial charge in [-0.15, -0.1) is 11.8 Å². The molecule has 126 valence electrons. The number of aryl methyl sites for hydroxylation is 2. The highest BCUT2D eigenvalue weighted by atomic mass is 32.2. The summed E-state index contributed by atoms with van der Waals surface area (Å²) in [6.45, 7) is 4.88. The Hall–Kier alpha value is -1.53. The van der Waals surface area contributed by atoms with E-state index in [-0.39, 0.29) is 19.1 Å². The number of methoxy groups -OCH3 is 1. The van der Waals surface area contributed by atoms with Crippen LogP contribution in [-0.4, -0.2) is 54.4 Å². The summed E-state index contributed by atoms with van der Waals surface area (Å²) in [5.74, 6) is -0.584. The van der Waals surface area contributed by atoms with Gasteiger partial charge in [-0.05, 0) is 31.9 Å². The molecule has 0 saturated carbocycles. The zero-order chi connectivity index (χ0) is 17.0. The molecular formula is C17H23NO4S. The number of carboxylic acids is 1. The second kappa shape index (κ2) is 7.36. The van der Waals surface area contributed by atoms with E-state index >= 15 is 0 Å². The van der Waals surface area contributed by atoms with Crippen LogP contribution in [0.25, 0.3) is 0 Å². The molecule has 1 aromatic carbocycles. The first-order chi connectivity index (χ1) is 10.9. The molecule has 0 aliphatic carbocycles. The molecule has 1 aromatic rings. The lowest BCUT2D eigenvalue weighted by Gasteiger charge is -2.23. The Morgan fingerprint density at radius 1 is 1.39 bits per heavy atom. The molecule has 0 spiro atoms. The van der Waals surface area contributed by atoms with Crippen molar-refractivity contribution >= 4 is 23.6 Å². The van der Waals surface area contributed by atoms with Crippen LogP contribution < -0.4 is 0 Å². The summed E-state index contributed by atoms with van der Waals surface area (Å²) >= 11 is 1.51. The monoisotopic (exact) mass is 337 g/mol. The van der Waals surface area contributed by atoms with Crippen LogP contribution in [0.15, 0.2) is 23.1 Å². The van der Waals surface area contributed by atoms with E-state index in [1.54, 1.807) is 4.90 Å². The standard InChI is InChI=1S/C17H23NO4S/c1-12-4-5-13(2)14(8-12)23-9-15(19)18-7-6-17(10-18,11-22-3)16(20)21/h4-5,8H,6-7,9-11H2,1-3H3,(H,20,21). The fraction of sp³-hybridized carbons (Fsp3) is 0.529. The third kappa shape index (κ3) is 4.06. The van der Waals surface area contributed by atoms with Crippen molar-refractivity contribution in [3.63, 3.8) is 0 Å². The van der Waals surface area contributed by atoms with Crippen LogP contribution in [0.3, 0.4) is 0 Å². The van der Waals surface area contributed by atoms with E-state index in [1.807, 2.05) is 26.0 Å². The molecule has 1 amide bonds. The first-order valence-electron chi connectivity index (χ1n) is 7.58. The van der Waals surface area contributed by atoms with Gasteiger partial charge < -0.3 is 14.7 Å². The minimum atomic E-state index is -0.964. The van der Waals surface area contributed by atoms with Crippen LogP contribution in [0.2, 0.25) is 0 Å². The first-order valence-corrected chi connectivity index (χ1v) is 8.57. The molecule has 0 bridgehead atoms. The zero-order valence-electron chi connectivity index (χ0n) is 13.8. The van der Waals surface area contributed by atoms with E-state index in [1.165, 1.54) is 18.9 Å². The lowest BCUT2D eigenvalue weighted by Crippen LogP contribution is -2.40. The second-order valence-electron chi connectivity index (χ2n) is 6.14. The van der Waals surface area contributed by atoms with Crippen molar-refractivity contribution in [1.82, 2.24) is 4.90 Å². The normalized spacial score (nSPS) is 20.7. The number of hydrogen-bond donors (Lipinski definition) is 1. The van der Waals surface area contributed by atoms with Crippen LogP contribution >= 0.6 is 11.8 Å². The number of benzene rings is 1. The summed E-state index contributed by atoms with van der Waals surface area (Å²) in [5.41, 5.74) is 1.35. The lowest BCUT2D eigenvalue weighted by atomic mass is 9.88. The minimum Gasteiger partial charge on any atom is -0.481 e. The van der Waals surface area contributed by atoms with Crippen molar-refractivity contribution in [1.29, 1.82) is 0 Å². The number of amides is 1. The molecule has 2 rings (SSSR count). The molecule has 6 heteroatoms. The van der Waals surface area contributed by atoms with Crippen LogP contribution in [0, 0.1) is 19.3 Å². The number of nitrogens with zero attached hydrogens (tertiary/aromatic N) is 1. The van der Waals surface area contributed by atoms with Crippen LogP contribution in [0.1, 0.15) is 17.5 Å². The Bertz CT molecular complexity index is 604. The Morgan fingerprint density at radius 3 is 2.78 bits per heavy atom. The van der Waals surface area contributed by atoms with Gasteiger partial charge in [-0.25, -0.2) is 0 Å². The van der Waals surface area contributed by atoms with Gasteiger partial charge in [0.05, 0.1) is 12.4 Å². The number of hydrogen-bond acceptors (Lipinski definition) is 4. The molecular weight excluding hydrogens is 314 g/mol. The number of carboxylic acid groups (broad SMARTS) is 1. The smallest absolute Gasteiger partial charge is 0.313 e. The Balaban J connectivity index is 1.97. The third-order valence-electron chi connectivity index (χ3n) is 4.28. The van der Waals surface area contributed by atoms with Gasteiger partial charge in [0.1, 0.15) is 5.41 Å². The summed E-state index contributed by atoms with van der Waals surface area (Å²) in [7, 11) is 1.49. The van der Waals surface area contributed by atoms with Gasteiger partial charge in [-0.2, -0.15) is 0 Å². The van der Waals surface area contributed by atoms with Gasteiger partial charge in [0, 0.05) is 25.1 Å². The van der Waals surface area contributed by atoms with E-state index in [0.717, 1.165) is 16.0 Å². The van der Waals surface area contributed by atoms with E-state index in [2.05, 4.69) is 6.07 Å². The Kier molecular flexibility index (Phi) is 5.70. The van der Waals surface area contributed by atoms with Gasteiger partial charge in [-0.3, -0.25) is 9.59 Å². The predicted molar refractivity (Wildman–Crippen MR) is 89.8 cm³/mol. The fourth-order valence-electron chi connectivity index (χ4n) is 2.81. The molecule has 1 unspecified atom stereocenters. The van der Waals surface area contributed by atoms with E-state index in [9.17, 15) is 14.7 Å². The van der Waals surface area contributed by atoms with E-state index < -0.39 is 11.4 Å². The van der Waals surface area contributed by atoms with E-state index in [4.69, 9.17) is 4.74 Å². The van der Waals surface area contributed by atoms with Crippen molar-refractivity contribution in [2.75, 3.05) is 32.6 Å². The van der Waals surface area contributed by atoms with Crippen molar-refractivity contribution in [3.8, 4) is 0 Å². The van der Waals surface area contributed by atoms with Gasteiger partial charge in [-0.1, -0.05) is 17.7 Å². The second-order valence-corrected chi connectivity index (χ2v) is 7.16. The molecule has 1 aliphatic rings. The molecule has 1 heterocycles. The number of aliphatic carboxylic acids is 1. The van der Waals surface area contributed by atoms with Crippen LogP contribution in [0.4, 0.5) is 0 Å². The molecule has 0 radical (unpaired) electrons. The van der Waals surface area contributed by atoms with Crippen LogP contribution in [-0.2, 0) is 14.3 Å². The number of carbonyl (C=O) groups is 2. The number of rotatable bonds is 6. The fourth-order valence-corrected chi connectivity index (χ4v) is 3.84. The molecule has 1 saturated heterocycles. The maximum absolute atomic E-state index is 12.4. The summed E-state index contributed by atoms with van der Waals surface area (Å²) in [5, 5.41) is 9.45. The average Bonchev–Trinajstić information content (AvgIpc) is 2.94. The van der Waals surface area contributed by atoms with Crippen molar-refractivity contribution in [3.05, 3.63) is 29.3 Å². The molecule has 1 atom stereocenters. The maximum atomic E-state index is 12.4. The number of thioether (sulfide) groups is 1. The van der Waals surface area contributed by atoms with Crippen molar-refractivity contribution in [2.45, 2.75) is 25.2 Å². The van der Waals surface area contributed by atoms with E-state index in [0.29, 0.717) is 18.7 Å². The topological polar surface area (TPSA) is 66.8 Å². The summed E-state index contributed by atoms with van der Waals surface area (Å²) in [6.07, 6.45) is 0.441. The average molecular weight is 337 g/mol. The molecule has 1 N–H and O–H groups in total. The van der Waals surface area contributed by atoms with Gasteiger partial charge >= 0.3 is 5.97 Å². The first kappa shape index (κ1) is 17.8. The van der Waals surface area contributed by atoms with Gasteiger partial charge in [0.2, 0.25) is 5.91 Å². The minimum absolute atomic E-state index is 0.0184. The molecule has 0 aromatic heterocycles. The van der Waals surface area contributed by atoms with Crippen LogP contribution in [0.5, 0.6) is 0 Å². The number of ether oxygens (including phenoxy) is 1. The molecule has 5 nitrogen and oxygen atoms in total. The quantitative estimate of drug-likeness (QED) is 0.807. The molecule has 23 heavy (non-hydrogen) atoms. The molecule has 1 aliphatic heterocycles. The number of likely N-dealkylation sites (tertiary alicyclic amines) is 1. The number of carbonyl (C=O) groups excluding carboxylic acids is 1. The highest BCUT2D eigenvalue weighted by Gasteiger charge is 2.46. The van der Waals surface area contributed by atoms with Crippen molar-refractivity contribution in [2.24, 2.45) is 5.41 Å². The largest absolute Gasteiger partial charge is 0.481 e. The Morgan fingerprint density at radius 2 is 2.13 bits per heavy atom. The lowest BCUT2D eigenvalue weighted by molar-refractivity contribution is -0.151. The predicted octanol–water partition coefficient (Wildman–Crippen LogP) is 2.35. The highest BCUT2D eigenvalue weighted by Crippen LogP contribution is 2.32. The SMILES string of the molecule is COCC1(C(=O)O)CCN(C(=O)CSc2cc(C)ccc2C)C1. The third-order valence-corrected chi connectivity index (χ3v) is 5.42. The van der Waals surface area contributed by atoms with Gasteiger partial charge in [0.25, 0.3) is 0 Å².